The van der Waals surface area contributed by atoms with Crippen molar-refractivity contribution in [2.24, 2.45) is 7.05 Å². The summed E-state index contributed by atoms with van der Waals surface area (Å²) < 4.78 is 11.5. The Bertz CT molecular complexity index is 520. The van der Waals surface area contributed by atoms with Gasteiger partial charge in [-0.05, 0) is 6.92 Å². The largest absolute Gasteiger partial charge is 0.451 e. The number of esters is 1. The van der Waals surface area contributed by atoms with Crippen LogP contribution in [0.5, 0.6) is 0 Å². The Morgan fingerprint density at radius 3 is 2.60 bits per heavy atom. The number of nitrogens with zero attached hydrogens (tertiary/aromatic N) is 3. The molecule has 0 spiro atoms. The van der Waals surface area contributed by atoms with Gasteiger partial charge in [-0.25, -0.2) is 4.79 Å². The highest BCUT2D eigenvalue weighted by Crippen LogP contribution is 2.16. The van der Waals surface area contributed by atoms with Crippen molar-refractivity contribution in [3.8, 4) is 0 Å². The van der Waals surface area contributed by atoms with E-state index in [0.29, 0.717) is 32.0 Å². The Balaban J connectivity index is 1.93. The molecule has 1 aromatic heterocycles. The van der Waals surface area contributed by atoms with Crippen molar-refractivity contribution in [1.29, 1.82) is 0 Å². The number of morpholine rings is 1. The number of aromatic nitrogens is 2. The Labute approximate surface area is 116 Å². The first kappa shape index (κ1) is 14.3. The first-order valence-corrected chi connectivity index (χ1v) is 6.32. The molecule has 0 aromatic carbocycles. The van der Waals surface area contributed by atoms with Gasteiger partial charge in [0.15, 0.2) is 12.3 Å². The summed E-state index contributed by atoms with van der Waals surface area (Å²) in [6.07, 6.45) is 0. The molecule has 8 nitrogen and oxygen atoms in total. The van der Waals surface area contributed by atoms with E-state index in [9.17, 15) is 9.59 Å². The molecule has 2 rings (SSSR count). The quantitative estimate of drug-likeness (QED) is 0.738. The van der Waals surface area contributed by atoms with Crippen LogP contribution in [0.4, 0.5) is 5.69 Å². The third kappa shape index (κ3) is 2.90. The summed E-state index contributed by atoms with van der Waals surface area (Å²) in [5, 5.41) is 4.03. The topological polar surface area (TPSA) is 99.7 Å². The molecule has 1 saturated heterocycles. The Hall–Kier alpha value is -2.09. The number of carbonyl (C=O) groups excluding carboxylic acids is 2. The van der Waals surface area contributed by atoms with Crippen LogP contribution in [0.3, 0.4) is 0 Å². The highest BCUT2D eigenvalue weighted by Gasteiger charge is 2.22. The molecule has 0 saturated carbocycles. The van der Waals surface area contributed by atoms with Crippen molar-refractivity contribution in [3.63, 3.8) is 0 Å². The fourth-order valence-electron chi connectivity index (χ4n) is 2.02. The van der Waals surface area contributed by atoms with Crippen LogP contribution in [-0.4, -0.2) is 59.5 Å². The lowest BCUT2D eigenvalue weighted by Crippen LogP contribution is -2.42. The zero-order chi connectivity index (χ0) is 14.7. The van der Waals surface area contributed by atoms with E-state index in [1.165, 1.54) is 4.68 Å². The van der Waals surface area contributed by atoms with E-state index in [1.807, 2.05) is 0 Å². The van der Waals surface area contributed by atoms with Crippen LogP contribution < -0.4 is 5.73 Å². The smallest absolute Gasteiger partial charge is 0.359 e. The summed E-state index contributed by atoms with van der Waals surface area (Å²) in [5.41, 5.74) is 6.75. The lowest BCUT2D eigenvalue weighted by atomic mass is 10.3. The Morgan fingerprint density at radius 1 is 1.40 bits per heavy atom. The van der Waals surface area contributed by atoms with Crippen molar-refractivity contribution < 1.29 is 19.1 Å². The van der Waals surface area contributed by atoms with E-state index < -0.39 is 5.97 Å². The highest BCUT2D eigenvalue weighted by atomic mass is 16.5. The molecule has 2 N–H and O–H groups in total. The number of nitrogens with two attached hydrogens (primary N) is 1. The van der Waals surface area contributed by atoms with Crippen LogP contribution in [0.1, 0.15) is 16.2 Å². The normalized spacial score (nSPS) is 15.2. The number of rotatable bonds is 3. The van der Waals surface area contributed by atoms with Crippen LogP contribution in [0.15, 0.2) is 0 Å². The molecule has 1 aromatic rings. The molecule has 1 fully saturated rings. The molecular formula is C12H18N4O4. The first-order chi connectivity index (χ1) is 9.50. The van der Waals surface area contributed by atoms with E-state index in [4.69, 9.17) is 15.2 Å². The van der Waals surface area contributed by atoms with Gasteiger partial charge in [-0.2, -0.15) is 5.10 Å². The fourth-order valence-corrected chi connectivity index (χ4v) is 2.02. The molecular weight excluding hydrogens is 264 g/mol. The lowest BCUT2D eigenvalue weighted by molar-refractivity contribution is -0.138. The molecule has 1 aliphatic heterocycles. The first-order valence-electron chi connectivity index (χ1n) is 6.32. The van der Waals surface area contributed by atoms with Gasteiger partial charge in [-0.15, -0.1) is 0 Å². The Morgan fingerprint density at radius 2 is 2.05 bits per heavy atom. The second kappa shape index (κ2) is 5.91. The SMILES string of the molecule is Cc1nn(C)c(C(=O)OCC(=O)N2CCOCC2)c1N. The van der Waals surface area contributed by atoms with E-state index in [1.54, 1.807) is 18.9 Å². The van der Waals surface area contributed by atoms with Gasteiger partial charge in [0, 0.05) is 20.1 Å². The number of ether oxygens (including phenoxy) is 2. The summed E-state index contributed by atoms with van der Waals surface area (Å²) in [5.74, 6) is -0.883. The van der Waals surface area contributed by atoms with Crippen molar-refractivity contribution in [1.82, 2.24) is 14.7 Å². The number of nitrogen functional groups attached to an aromatic ring is 1. The minimum absolute atomic E-state index is 0.164. The van der Waals surface area contributed by atoms with Crippen LogP contribution >= 0.6 is 0 Å². The zero-order valence-electron chi connectivity index (χ0n) is 11.6. The Kier molecular flexibility index (Phi) is 4.23. The second-order valence-corrected chi connectivity index (χ2v) is 4.54. The summed E-state index contributed by atoms with van der Waals surface area (Å²) in [6, 6.07) is 0. The number of anilines is 1. The highest BCUT2D eigenvalue weighted by molar-refractivity contribution is 5.95. The minimum Gasteiger partial charge on any atom is -0.451 e. The summed E-state index contributed by atoms with van der Waals surface area (Å²) in [7, 11) is 1.60. The van der Waals surface area contributed by atoms with E-state index in [0.717, 1.165) is 0 Å². The summed E-state index contributed by atoms with van der Waals surface area (Å²) >= 11 is 0. The average Bonchev–Trinajstić information content (AvgIpc) is 2.70. The van der Waals surface area contributed by atoms with E-state index in [2.05, 4.69) is 5.10 Å². The predicted octanol–water partition coefficient (Wildman–Crippen LogP) is -0.674. The monoisotopic (exact) mass is 282 g/mol. The molecule has 1 aliphatic rings. The van der Waals surface area contributed by atoms with Crippen LogP contribution in [0, 0.1) is 6.92 Å². The van der Waals surface area contributed by atoms with Crippen LogP contribution in [0.25, 0.3) is 0 Å². The molecule has 0 aliphatic carbocycles. The van der Waals surface area contributed by atoms with Gasteiger partial charge in [-0.3, -0.25) is 9.48 Å². The third-order valence-corrected chi connectivity index (χ3v) is 3.15. The van der Waals surface area contributed by atoms with Crippen molar-refractivity contribution >= 4 is 17.6 Å². The van der Waals surface area contributed by atoms with Gasteiger partial charge in [0.25, 0.3) is 5.91 Å². The number of hydrogen-bond donors (Lipinski definition) is 1. The summed E-state index contributed by atoms with van der Waals surface area (Å²) in [6.45, 7) is 3.45. The fraction of sp³-hybridized carbons (Fsp3) is 0.583. The van der Waals surface area contributed by atoms with Crippen LogP contribution in [0.2, 0.25) is 0 Å². The lowest BCUT2D eigenvalue weighted by Gasteiger charge is -2.26. The van der Waals surface area contributed by atoms with Gasteiger partial charge >= 0.3 is 5.97 Å². The maximum atomic E-state index is 11.9. The van der Waals surface area contributed by atoms with Crippen molar-refractivity contribution in [2.45, 2.75) is 6.92 Å². The average molecular weight is 282 g/mol. The second-order valence-electron chi connectivity index (χ2n) is 4.54. The van der Waals surface area contributed by atoms with E-state index >= 15 is 0 Å². The number of aryl methyl sites for hydroxylation is 2. The molecule has 0 unspecified atom stereocenters. The molecule has 0 bridgehead atoms. The maximum absolute atomic E-state index is 11.9. The number of carbonyl (C=O) groups is 2. The molecule has 2 heterocycles. The van der Waals surface area contributed by atoms with Crippen molar-refractivity contribution in [3.05, 3.63) is 11.4 Å². The molecule has 110 valence electrons. The standard InChI is InChI=1S/C12H18N4O4/c1-8-10(13)11(15(2)14-8)12(18)20-7-9(17)16-3-5-19-6-4-16/h3-7,13H2,1-2H3. The van der Waals surface area contributed by atoms with Gasteiger partial charge in [0.1, 0.15) is 0 Å². The van der Waals surface area contributed by atoms with Crippen LogP contribution in [-0.2, 0) is 21.3 Å². The molecule has 8 heteroatoms. The third-order valence-electron chi connectivity index (χ3n) is 3.15. The zero-order valence-corrected chi connectivity index (χ0v) is 11.6. The van der Waals surface area contributed by atoms with Gasteiger partial charge in [-0.1, -0.05) is 0 Å². The minimum atomic E-state index is -0.646. The number of hydrogen-bond acceptors (Lipinski definition) is 6. The predicted molar refractivity (Wildman–Crippen MR) is 70.0 cm³/mol. The van der Waals surface area contributed by atoms with Gasteiger partial charge in [0.05, 0.1) is 24.6 Å². The van der Waals surface area contributed by atoms with Gasteiger partial charge in [0.2, 0.25) is 0 Å². The molecule has 0 radical (unpaired) electrons. The molecule has 1 amide bonds. The molecule has 20 heavy (non-hydrogen) atoms. The summed E-state index contributed by atoms with van der Waals surface area (Å²) in [4.78, 5) is 25.4. The van der Waals surface area contributed by atoms with Gasteiger partial charge < -0.3 is 20.1 Å². The van der Waals surface area contributed by atoms with E-state index in [-0.39, 0.29) is 23.9 Å². The maximum Gasteiger partial charge on any atom is 0.359 e. The number of amides is 1. The van der Waals surface area contributed by atoms with Crippen molar-refractivity contribution in [2.75, 3.05) is 38.6 Å². The molecule has 0 atom stereocenters.